The highest BCUT2D eigenvalue weighted by atomic mass is 15.0. The summed E-state index contributed by atoms with van der Waals surface area (Å²) in [7, 11) is 2.06. The molecular formula is C14H25N3. The fourth-order valence-electron chi connectivity index (χ4n) is 2.78. The molecule has 3 heteroatoms. The van der Waals surface area contributed by atoms with E-state index < -0.39 is 0 Å². The van der Waals surface area contributed by atoms with E-state index in [1.54, 1.807) is 0 Å². The molecule has 1 fully saturated rings. The van der Waals surface area contributed by atoms with Gasteiger partial charge >= 0.3 is 0 Å². The zero-order valence-corrected chi connectivity index (χ0v) is 11.0. The molecule has 0 aromatic carbocycles. The molecule has 0 bridgehead atoms. The van der Waals surface area contributed by atoms with Gasteiger partial charge in [-0.05, 0) is 25.3 Å². The van der Waals surface area contributed by atoms with Gasteiger partial charge in [0.05, 0.1) is 0 Å². The van der Waals surface area contributed by atoms with E-state index in [0.717, 1.165) is 18.9 Å². The minimum Gasteiger partial charge on any atom is -0.338 e. The van der Waals surface area contributed by atoms with Gasteiger partial charge in [0, 0.05) is 32.4 Å². The molecule has 1 N–H and O–H groups in total. The number of hydrogen-bond acceptors (Lipinski definition) is 2. The summed E-state index contributed by atoms with van der Waals surface area (Å²) in [5.41, 5.74) is 0. The van der Waals surface area contributed by atoms with Crippen molar-refractivity contribution in [2.24, 2.45) is 13.0 Å². The number of imidazole rings is 1. The predicted octanol–water partition coefficient (Wildman–Crippen LogP) is 2.52. The first-order valence-corrected chi connectivity index (χ1v) is 7.03. The Morgan fingerprint density at radius 3 is 2.88 bits per heavy atom. The van der Waals surface area contributed by atoms with Crippen molar-refractivity contribution < 1.29 is 0 Å². The minimum absolute atomic E-state index is 1.03. The maximum atomic E-state index is 4.32. The van der Waals surface area contributed by atoms with Crippen LogP contribution in [0.15, 0.2) is 12.4 Å². The molecule has 1 aliphatic carbocycles. The number of aromatic nitrogens is 2. The van der Waals surface area contributed by atoms with Crippen LogP contribution in [-0.2, 0) is 13.5 Å². The molecular weight excluding hydrogens is 210 g/mol. The first-order valence-electron chi connectivity index (χ1n) is 7.03. The van der Waals surface area contributed by atoms with Crippen LogP contribution in [-0.4, -0.2) is 22.6 Å². The number of hydrogen-bond donors (Lipinski definition) is 1. The Labute approximate surface area is 105 Å². The van der Waals surface area contributed by atoms with Gasteiger partial charge in [0.2, 0.25) is 0 Å². The molecule has 0 atom stereocenters. The maximum Gasteiger partial charge on any atom is 0.109 e. The highest BCUT2D eigenvalue weighted by molar-refractivity contribution is 4.91. The fraction of sp³-hybridized carbons (Fsp3) is 0.786. The van der Waals surface area contributed by atoms with Crippen LogP contribution in [0.5, 0.6) is 0 Å². The van der Waals surface area contributed by atoms with Gasteiger partial charge in [0.25, 0.3) is 0 Å². The third kappa shape index (κ3) is 4.15. The van der Waals surface area contributed by atoms with Crippen molar-refractivity contribution in [1.82, 2.24) is 14.9 Å². The molecule has 1 aromatic rings. The van der Waals surface area contributed by atoms with Crippen molar-refractivity contribution in [2.45, 2.75) is 44.9 Å². The molecule has 2 rings (SSSR count). The predicted molar refractivity (Wildman–Crippen MR) is 71.0 cm³/mol. The lowest BCUT2D eigenvalue weighted by atomic mass is 10.0. The second kappa shape index (κ2) is 6.80. The van der Waals surface area contributed by atoms with Gasteiger partial charge in [-0.2, -0.15) is 0 Å². The molecule has 3 nitrogen and oxygen atoms in total. The molecule has 96 valence electrons. The molecule has 0 unspecified atom stereocenters. The van der Waals surface area contributed by atoms with Crippen molar-refractivity contribution in [3.63, 3.8) is 0 Å². The van der Waals surface area contributed by atoms with Gasteiger partial charge in [-0.1, -0.05) is 25.7 Å². The van der Waals surface area contributed by atoms with Gasteiger partial charge in [0.1, 0.15) is 5.82 Å². The average molecular weight is 235 g/mol. The Bertz CT molecular complexity index is 313. The van der Waals surface area contributed by atoms with Crippen LogP contribution in [0.2, 0.25) is 0 Å². The first-order chi connectivity index (χ1) is 8.36. The highest BCUT2D eigenvalue weighted by Crippen LogP contribution is 2.28. The Morgan fingerprint density at radius 2 is 2.18 bits per heavy atom. The molecule has 1 heterocycles. The summed E-state index contributed by atoms with van der Waals surface area (Å²) in [6.45, 7) is 2.22. The van der Waals surface area contributed by atoms with E-state index in [1.165, 1.54) is 50.9 Å². The largest absolute Gasteiger partial charge is 0.338 e. The Morgan fingerprint density at radius 1 is 1.35 bits per heavy atom. The summed E-state index contributed by atoms with van der Waals surface area (Å²) < 4.78 is 2.10. The summed E-state index contributed by atoms with van der Waals surface area (Å²) in [6.07, 6.45) is 13.6. The van der Waals surface area contributed by atoms with Crippen LogP contribution in [0.25, 0.3) is 0 Å². The zero-order valence-electron chi connectivity index (χ0n) is 11.0. The SMILES string of the molecule is Cn1ccnc1CCNCCCC1CCCC1. The first kappa shape index (κ1) is 12.6. The summed E-state index contributed by atoms with van der Waals surface area (Å²) >= 11 is 0. The maximum absolute atomic E-state index is 4.32. The Hall–Kier alpha value is -0.830. The lowest BCUT2D eigenvalue weighted by Crippen LogP contribution is -2.20. The van der Waals surface area contributed by atoms with Crippen LogP contribution in [0.4, 0.5) is 0 Å². The third-order valence-corrected chi connectivity index (χ3v) is 3.89. The van der Waals surface area contributed by atoms with Crippen LogP contribution in [0.1, 0.15) is 44.3 Å². The summed E-state index contributed by atoms with van der Waals surface area (Å²) in [5.74, 6) is 2.21. The van der Waals surface area contributed by atoms with E-state index in [2.05, 4.69) is 21.9 Å². The average Bonchev–Trinajstić information content (AvgIpc) is 2.95. The van der Waals surface area contributed by atoms with Crippen molar-refractivity contribution >= 4 is 0 Å². The van der Waals surface area contributed by atoms with E-state index in [9.17, 15) is 0 Å². The van der Waals surface area contributed by atoms with E-state index in [-0.39, 0.29) is 0 Å². The second-order valence-electron chi connectivity index (χ2n) is 5.25. The molecule has 0 spiro atoms. The molecule has 1 aromatic heterocycles. The molecule has 17 heavy (non-hydrogen) atoms. The highest BCUT2D eigenvalue weighted by Gasteiger charge is 2.13. The normalized spacial score (nSPS) is 16.8. The third-order valence-electron chi connectivity index (χ3n) is 3.89. The Kier molecular flexibility index (Phi) is 5.05. The van der Waals surface area contributed by atoms with Gasteiger partial charge in [-0.3, -0.25) is 0 Å². The number of nitrogens with zero attached hydrogens (tertiary/aromatic N) is 2. The Balaban J connectivity index is 1.47. The van der Waals surface area contributed by atoms with E-state index in [0.29, 0.717) is 0 Å². The van der Waals surface area contributed by atoms with Crippen LogP contribution < -0.4 is 5.32 Å². The quantitative estimate of drug-likeness (QED) is 0.736. The van der Waals surface area contributed by atoms with Crippen molar-refractivity contribution in [2.75, 3.05) is 13.1 Å². The topological polar surface area (TPSA) is 29.9 Å². The fourth-order valence-corrected chi connectivity index (χ4v) is 2.78. The van der Waals surface area contributed by atoms with Gasteiger partial charge in [0.15, 0.2) is 0 Å². The van der Waals surface area contributed by atoms with Crippen molar-refractivity contribution in [3.8, 4) is 0 Å². The molecule has 1 saturated carbocycles. The molecule has 0 saturated heterocycles. The zero-order chi connectivity index (χ0) is 11.9. The van der Waals surface area contributed by atoms with E-state index in [1.807, 2.05) is 12.4 Å². The lowest BCUT2D eigenvalue weighted by molar-refractivity contribution is 0.470. The number of rotatable bonds is 7. The summed E-state index contributed by atoms with van der Waals surface area (Å²) in [4.78, 5) is 4.32. The number of nitrogens with one attached hydrogen (secondary N) is 1. The molecule has 0 amide bonds. The van der Waals surface area contributed by atoms with Gasteiger partial charge in [-0.25, -0.2) is 4.98 Å². The van der Waals surface area contributed by atoms with Gasteiger partial charge in [-0.15, -0.1) is 0 Å². The summed E-state index contributed by atoms with van der Waals surface area (Å²) in [5, 5.41) is 3.52. The van der Waals surface area contributed by atoms with E-state index >= 15 is 0 Å². The van der Waals surface area contributed by atoms with E-state index in [4.69, 9.17) is 0 Å². The lowest BCUT2D eigenvalue weighted by Gasteiger charge is -2.09. The van der Waals surface area contributed by atoms with Crippen molar-refractivity contribution in [3.05, 3.63) is 18.2 Å². The van der Waals surface area contributed by atoms with Crippen molar-refractivity contribution in [1.29, 1.82) is 0 Å². The molecule has 0 aliphatic heterocycles. The molecule has 0 radical (unpaired) electrons. The second-order valence-corrected chi connectivity index (χ2v) is 5.25. The smallest absolute Gasteiger partial charge is 0.109 e. The summed E-state index contributed by atoms with van der Waals surface area (Å²) in [6, 6.07) is 0. The van der Waals surface area contributed by atoms with Crippen LogP contribution >= 0.6 is 0 Å². The van der Waals surface area contributed by atoms with Crippen LogP contribution in [0, 0.1) is 5.92 Å². The monoisotopic (exact) mass is 235 g/mol. The number of aryl methyl sites for hydroxylation is 1. The molecule has 1 aliphatic rings. The standard InChI is InChI=1S/C14H25N3/c1-17-12-11-16-14(17)8-10-15-9-4-7-13-5-2-3-6-13/h11-13,15H,2-10H2,1H3. The van der Waals surface area contributed by atoms with Crippen LogP contribution in [0.3, 0.4) is 0 Å². The minimum atomic E-state index is 1.03. The van der Waals surface area contributed by atoms with Gasteiger partial charge < -0.3 is 9.88 Å².